The summed E-state index contributed by atoms with van der Waals surface area (Å²) in [6.07, 6.45) is 0. The van der Waals surface area contributed by atoms with Crippen molar-refractivity contribution < 1.29 is 4.74 Å². The van der Waals surface area contributed by atoms with Crippen LogP contribution in [0.1, 0.15) is 6.92 Å². The first kappa shape index (κ1) is 7.50. The Balaban J connectivity index is 3.46. The van der Waals surface area contributed by atoms with Crippen molar-refractivity contribution in [3.05, 3.63) is 12.3 Å². The number of hydrogen-bond donors (Lipinski definition) is 1. The van der Waals surface area contributed by atoms with E-state index in [0.717, 1.165) is 5.76 Å². The summed E-state index contributed by atoms with van der Waals surface area (Å²) >= 11 is 0. The van der Waals surface area contributed by atoms with Crippen LogP contribution in [-0.2, 0) is 4.74 Å². The molecule has 0 saturated heterocycles. The molecule has 0 rings (SSSR count). The molecule has 0 bridgehead atoms. The predicted octanol–water partition coefficient (Wildman–Crippen LogP) is 0.754. The lowest BCUT2D eigenvalue weighted by atomic mass is 10.3. The van der Waals surface area contributed by atoms with Gasteiger partial charge in [-0.2, -0.15) is 0 Å². The maximum atomic E-state index is 4.85. The number of ether oxygens (including phenoxy) is 1. The first-order valence-electron chi connectivity index (χ1n) is 2.62. The topological polar surface area (TPSA) is 21.3 Å². The third kappa shape index (κ3) is 1.98. The van der Waals surface area contributed by atoms with Crippen LogP contribution in [0.3, 0.4) is 0 Å². The molecule has 8 heavy (non-hydrogen) atoms. The summed E-state index contributed by atoms with van der Waals surface area (Å²) in [4.78, 5) is 0. The summed E-state index contributed by atoms with van der Waals surface area (Å²) in [6.45, 7) is 5.65. The molecule has 0 aliphatic carbocycles. The van der Waals surface area contributed by atoms with Crippen molar-refractivity contribution in [1.29, 1.82) is 0 Å². The van der Waals surface area contributed by atoms with E-state index in [-0.39, 0.29) is 6.04 Å². The van der Waals surface area contributed by atoms with E-state index in [1.807, 2.05) is 14.0 Å². The van der Waals surface area contributed by atoms with Gasteiger partial charge in [0, 0.05) is 0 Å². The lowest BCUT2D eigenvalue weighted by Gasteiger charge is -2.10. The molecule has 0 aliphatic heterocycles. The molecule has 48 valence electrons. The Morgan fingerprint density at radius 1 is 1.75 bits per heavy atom. The fourth-order valence-corrected chi connectivity index (χ4v) is 0.338. The number of hydrogen-bond acceptors (Lipinski definition) is 2. The summed E-state index contributed by atoms with van der Waals surface area (Å²) in [5, 5.41) is 2.99. The molecule has 0 heterocycles. The average molecular weight is 115 g/mol. The lowest BCUT2D eigenvalue weighted by molar-refractivity contribution is 0.261. The van der Waals surface area contributed by atoms with Crippen LogP contribution in [0.2, 0.25) is 0 Å². The second-order valence-electron chi connectivity index (χ2n) is 1.68. The average Bonchev–Trinajstić information content (AvgIpc) is 1.84. The van der Waals surface area contributed by atoms with Crippen LogP contribution in [0, 0.1) is 0 Å². The minimum Gasteiger partial charge on any atom is -0.500 e. The van der Waals surface area contributed by atoms with E-state index < -0.39 is 0 Å². The molecule has 0 spiro atoms. The molecule has 2 heteroatoms. The normalized spacial score (nSPS) is 12.9. The highest BCUT2D eigenvalue weighted by Gasteiger charge is 1.99. The van der Waals surface area contributed by atoms with E-state index in [4.69, 9.17) is 4.74 Å². The molecular weight excluding hydrogens is 102 g/mol. The summed E-state index contributed by atoms with van der Waals surface area (Å²) in [5.74, 6) is 0.771. The minimum atomic E-state index is 0.250. The van der Waals surface area contributed by atoms with E-state index in [2.05, 4.69) is 11.9 Å². The molecule has 0 radical (unpaired) electrons. The highest BCUT2D eigenvalue weighted by atomic mass is 16.5. The number of methoxy groups -OCH3 is 1. The van der Waals surface area contributed by atoms with Gasteiger partial charge in [-0.05, 0) is 14.0 Å². The van der Waals surface area contributed by atoms with E-state index in [9.17, 15) is 0 Å². The second-order valence-corrected chi connectivity index (χ2v) is 1.68. The Hall–Kier alpha value is -0.500. The van der Waals surface area contributed by atoms with Gasteiger partial charge in [0.2, 0.25) is 0 Å². The summed E-state index contributed by atoms with van der Waals surface area (Å²) in [6, 6.07) is 0.250. The summed E-state index contributed by atoms with van der Waals surface area (Å²) in [7, 11) is 3.49. The standard InChI is InChI=1S/C6H13NO/c1-5(7-3)6(2)8-4/h5,7H,2H2,1,3-4H3. The molecule has 0 aliphatic rings. The van der Waals surface area contributed by atoms with Crippen LogP contribution in [0.15, 0.2) is 12.3 Å². The van der Waals surface area contributed by atoms with Crippen molar-refractivity contribution >= 4 is 0 Å². The quantitative estimate of drug-likeness (QED) is 0.548. The molecule has 1 N–H and O–H groups in total. The van der Waals surface area contributed by atoms with Crippen molar-refractivity contribution in [2.75, 3.05) is 14.2 Å². The Labute approximate surface area is 50.5 Å². The highest BCUT2D eigenvalue weighted by Crippen LogP contribution is 1.95. The molecule has 0 fully saturated rings. The zero-order chi connectivity index (χ0) is 6.57. The maximum Gasteiger partial charge on any atom is 0.105 e. The molecule has 0 aromatic heterocycles. The molecular formula is C6H13NO. The van der Waals surface area contributed by atoms with Gasteiger partial charge < -0.3 is 10.1 Å². The lowest BCUT2D eigenvalue weighted by Crippen LogP contribution is -2.23. The van der Waals surface area contributed by atoms with Crippen molar-refractivity contribution in [1.82, 2.24) is 5.32 Å². The van der Waals surface area contributed by atoms with E-state index >= 15 is 0 Å². The molecule has 0 saturated carbocycles. The van der Waals surface area contributed by atoms with E-state index in [0.29, 0.717) is 0 Å². The Morgan fingerprint density at radius 3 is 2.38 bits per heavy atom. The highest BCUT2D eigenvalue weighted by molar-refractivity contribution is 4.92. The van der Waals surface area contributed by atoms with Crippen molar-refractivity contribution in [2.45, 2.75) is 13.0 Å². The number of nitrogens with one attached hydrogen (secondary N) is 1. The SMILES string of the molecule is C=C(OC)C(C)NC. The van der Waals surface area contributed by atoms with Gasteiger partial charge in [-0.15, -0.1) is 0 Å². The van der Waals surface area contributed by atoms with E-state index in [1.54, 1.807) is 7.11 Å². The molecule has 2 nitrogen and oxygen atoms in total. The van der Waals surface area contributed by atoms with Gasteiger partial charge in [0.15, 0.2) is 0 Å². The Bertz CT molecular complexity index is 80.6. The van der Waals surface area contributed by atoms with Crippen LogP contribution in [0.25, 0.3) is 0 Å². The monoisotopic (exact) mass is 115 g/mol. The van der Waals surface area contributed by atoms with Gasteiger partial charge >= 0.3 is 0 Å². The van der Waals surface area contributed by atoms with Gasteiger partial charge in [0.05, 0.1) is 13.2 Å². The molecule has 0 aromatic carbocycles. The van der Waals surface area contributed by atoms with Crippen molar-refractivity contribution in [3.63, 3.8) is 0 Å². The predicted molar refractivity (Wildman–Crippen MR) is 34.7 cm³/mol. The largest absolute Gasteiger partial charge is 0.500 e. The maximum absolute atomic E-state index is 4.85. The zero-order valence-corrected chi connectivity index (χ0v) is 5.69. The van der Waals surface area contributed by atoms with E-state index in [1.165, 1.54) is 0 Å². The summed E-state index contributed by atoms with van der Waals surface area (Å²) < 4.78 is 4.85. The molecule has 1 unspecified atom stereocenters. The third-order valence-corrected chi connectivity index (χ3v) is 1.18. The van der Waals surface area contributed by atoms with Gasteiger partial charge in [0.1, 0.15) is 5.76 Å². The first-order valence-corrected chi connectivity index (χ1v) is 2.62. The van der Waals surface area contributed by atoms with Crippen LogP contribution in [0.5, 0.6) is 0 Å². The van der Waals surface area contributed by atoms with Gasteiger partial charge in [-0.25, -0.2) is 0 Å². The second kappa shape index (κ2) is 3.50. The Kier molecular flexibility index (Phi) is 3.28. The van der Waals surface area contributed by atoms with Crippen LogP contribution < -0.4 is 5.32 Å². The molecule has 1 atom stereocenters. The van der Waals surface area contributed by atoms with Crippen LogP contribution in [0.4, 0.5) is 0 Å². The summed E-state index contributed by atoms with van der Waals surface area (Å²) in [5.41, 5.74) is 0. The smallest absolute Gasteiger partial charge is 0.105 e. The Morgan fingerprint density at radius 2 is 2.25 bits per heavy atom. The first-order chi connectivity index (χ1) is 3.72. The fraction of sp³-hybridized carbons (Fsp3) is 0.667. The van der Waals surface area contributed by atoms with Gasteiger partial charge in [-0.3, -0.25) is 0 Å². The third-order valence-electron chi connectivity index (χ3n) is 1.18. The fourth-order valence-electron chi connectivity index (χ4n) is 0.338. The number of rotatable bonds is 3. The van der Waals surface area contributed by atoms with Gasteiger partial charge in [-0.1, -0.05) is 6.58 Å². The van der Waals surface area contributed by atoms with Crippen LogP contribution in [-0.4, -0.2) is 20.2 Å². The van der Waals surface area contributed by atoms with Crippen molar-refractivity contribution in [2.24, 2.45) is 0 Å². The number of likely N-dealkylation sites (N-methyl/N-ethyl adjacent to an activating group) is 1. The van der Waals surface area contributed by atoms with Crippen LogP contribution >= 0.6 is 0 Å². The zero-order valence-electron chi connectivity index (χ0n) is 5.69. The molecule has 0 aromatic rings. The minimum absolute atomic E-state index is 0.250. The molecule has 0 amide bonds. The van der Waals surface area contributed by atoms with Crippen molar-refractivity contribution in [3.8, 4) is 0 Å². The van der Waals surface area contributed by atoms with Gasteiger partial charge in [0.25, 0.3) is 0 Å².